The van der Waals surface area contributed by atoms with Crippen LogP contribution >= 0.6 is 15.9 Å². The zero-order valence-corrected chi connectivity index (χ0v) is 10.9. The normalized spacial score (nSPS) is 10.1. The minimum atomic E-state index is 0.0242. The first-order chi connectivity index (χ1) is 7.06. The molecule has 0 spiro atoms. The summed E-state index contributed by atoms with van der Waals surface area (Å²) in [5.41, 5.74) is 0. The maximum atomic E-state index is 11.2. The maximum absolute atomic E-state index is 11.2. The number of nitrogens with one attached hydrogen (secondary N) is 2. The molecule has 0 unspecified atom stereocenters. The summed E-state index contributed by atoms with van der Waals surface area (Å²) in [4.78, 5) is 22.2. The van der Waals surface area contributed by atoms with Crippen molar-refractivity contribution in [3.8, 4) is 0 Å². The van der Waals surface area contributed by atoms with Crippen molar-refractivity contribution in [1.82, 2.24) is 10.6 Å². The van der Waals surface area contributed by atoms with E-state index in [1.807, 2.05) is 13.8 Å². The second-order valence-electron chi connectivity index (χ2n) is 3.61. The molecule has 0 aliphatic carbocycles. The number of carbonyl (C=O) groups is 2. The van der Waals surface area contributed by atoms with E-state index >= 15 is 0 Å². The molecule has 88 valence electrons. The Bertz CT molecular complexity index is 208. The number of halogens is 1. The molecule has 0 bridgehead atoms. The topological polar surface area (TPSA) is 58.2 Å². The minimum absolute atomic E-state index is 0.0242. The molecular formula is C10H19BrN2O2. The van der Waals surface area contributed by atoms with Gasteiger partial charge in [-0.1, -0.05) is 15.9 Å². The summed E-state index contributed by atoms with van der Waals surface area (Å²) in [5, 5.41) is 6.21. The van der Waals surface area contributed by atoms with E-state index in [1.165, 1.54) is 0 Å². The predicted octanol–water partition coefficient (Wildman–Crippen LogP) is 1.19. The molecular weight excluding hydrogens is 260 g/mol. The molecule has 2 amide bonds. The summed E-state index contributed by atoms with van der Waals surface area (Å²) in [6.07, 6.45) is 1.64. The van der Waals surface area contributed by atoms with Gasteiger partial charge < -0.3 is 10.6 Å². The van der Waals surface area contributed by atoms with E-state index in [-0.39, 0.29) is 17.9 Å². The Morgan fingerprint density at radius 1 is 1.20 bits per heavy atom. The Hall–Kier alpha value is -0.580. The second kappa shape index (κ2) is 8.71. The Morgan fingerprint density at radius 2 is 1.87 bits per heavy atom. The molecule has 0 aromatic carbocycles. The van der Waals surface area contributed by atoms with Crippen LogP contribution in [0.25, 0.3) is 0 Å². The highest BCUT2D eigenvalue weighted by Gasteiger charge is 2.03. The van der Waals surface area contributed by atoms with Crippen molar-refractivity contribution in [3.05, 3.63) is 0 Å². The van der Waals surface area contributed by atoms with Gasteiger partial charge in [-0.2, -0.15) is 0 Å². The quantitative estimate of drug-likeness (QED) is 0.543. The third kappa shape index (κ3) is 9.72. The summed E-state index contributed by atoms with van der Waals surface area (Å²) >= 11 is 3.18. The summed E-state index contributed by atoms with van der Waals surface area (Å²) in [7, 11) is 0. The van der Waals surface area contributed by atoms with Gasteiger partial charge >= 0.3 is 0 Å². The van der Waals surface area contributed by atoms with Crippen LogP contribution in [0.5, 0.6) is 0 Å². The fourth-order valence-corrected chi connectivity index (χ4v) is 1.41. The lowest BCUT2D eigenvalue weighted by atomic mass is 10.2. The molecule has 0 aliphatic rings. The second-order valence-corrected chi connectivity index (χ2v) is 4.41. The van der Waals surface area contributed by atoms with E-state index in [9.17, 15) is 9.59 Å². The van der Waals surface area contributed by atoms with Gasteiger partial charge in [-0.25, -0.2) is 0 Å². The molecule has 0 saturated heterocycles. The fourth-order valence-electron chi connectivity index (χ4n) is 1.05. The van der Waals surface area contributed by atoms with E-state index < -0.39 is 0 Å². The van der Waals surface area contributed by atoms with E-state index in [1.54, 1.807) is 0 Å². The van der Waals surface area contributed by atoms with Gasteiger partial charge in [-0.15, -0.1) is 0 Å². The van der Waals surface area contributed by atoms with Crippen molar-refractivity contribution in [2.24, 2.45) is 0 Å². The van der Waals surface area contributed by atoms with Crippen LogP contribution in [-0.4, -0.2) is 29.7 Å². The number of alkyl halides is 1. The molecule has 0 aromatic heterocycles. The van der Waals surface area contributed by atoms with Crippen LogP contribution in [0.3, 0.4) is 0 Å². The van der Waals surface area contributed by atoms with Gasteiger partial charge in [0.1, 0.15) is 0 Å². The Kier molecular flexibility index (Phi) is 8.37. The molecule has 5 heteroatoms. The van der Waals surface area contributed by atoms with Crippen LogP contribution in [0, 0.1) is 0 Å². The third-order valence-electron chi connectivity index (χ3n) is 1.67. The zero-order chi connectivity index (χ0) is 11.7. The number of hydrogen-bond acceptors (Lipinski definition) is 2. The Morgan fingerprint density at radius 3 is 2.40 bits per heavy atom. The van der Waals surface area contributed by atoms with Crippen molar-refractivity contribution < 1.29 is 9.59 Å². The molecule has 2 N–H and O–H groups in total. The largest absolute Gasteiger partial charge is 0.356 e. The molecule has 15 heavy (non-hydrogen) atoms. The van der Waals surface area contributed by atoms with E-state index in [0.29, 0.717) is 31.1 Å². The van der Waals surface area contributed by atoms with Crippen LogP contribution in [0.2, 0.25) is 0 Å². The minimum Gasteiger partial charge on any atom is -0.356 e. The summed E-state index contributed by atoms with van der Waals surface area (Å²) < 4.78 is 0. The van der Waals surface area contributed by atoms with Gasteiger partial charge in [0, 0.05) is 30.8 Å². The standard InChI is InChI=1S/C10H19BrN2O2/c1-8(2)13-10(15)4-3-7-12-9(14)5-6-11/h8H,3-7H2,1-2H3,(H,12,14)(H,13,15). The Balaban J connectivity index is 3.38. The summed E-state index contributed by atoms with van der Waals surface area (Å²) in [6, 6.07) is 0.181. The molecule has 0 fully saturated rings. The first kappa shape index (κ1) is 14.4. The first-order valence-corrected chi connectivity index (χ1v) is 6.30. The van der Waals surface area contributed by atoms with Crippen LogP contribution in [0.1, 0.15) is 33.1 Å². The first-order valence-electron chi connectivity index (χ1n) is 5.18. The van der Waals surface area contributed by atoms with E-state index in [0.717, 1.165) is 0 Å². The van der Waals surface area contributed by atoms with Gasteiger partial charge in [0.05, 0.1) is 0 Å². The van der Waals surface area contributed by atoms with Crippen molar-refractivity contribution in [2.75, 3.05) is 11.9 Å². The highest BCUT2D eigenvalue weighted by Crippen LogP contribution is 1.91. The maximum Gasteiger partial charge on any atom is 0.220 e. The van der Waals surface area contributed by atoms with Gasteiger partial charge in [-0.3, -0.25) is 9.59 Å². The lowest BCUT2D eigenvalue weighted by molar-refractivity contribution is -0.123. The smallest absolute Gasteiger partial charge is 0.220 e. The van der Waals surface area contributed by atoms with Gasteiger partial charge in [0.15, 0.2) is 0 Å². The van der Waals surface area contributed by atoms with E-state index in [4.69, 9.17) is 0 Å². The molecule has 0 saturated carbocycles. The van der Waals surface area contributed by atoms with Crippen LogP contribution < -0.4 is 10.6 Å². The van der Waals surface area contributed by atoms with Crippen LogP contribution in [0.4, 0.5) is 0 Å². The van der Waals surface area contributed by atoms with Crippen molar-refractivity contribution in [3.63, 3.8) is 0 Å². The Labute approximate surface area is 99.3 Å². The highest BCUT2D eigenvalue weighted by atomic mass is 79.9. The van der Waals surface area contributed by atoms with Crippen molar-refractivity contribution >= 4 is 27.7 Å². The molecule has 0 aromatic rings. The molecule has 0 heterocycles. The number of amides is 2. The van der Waals surface area contributed by atoms with Crippen LogP contribution in [0.15, 0.2) is 0 Å². The monoisotopic (exact) mass is 278 g/mol. The molecule has 0 aliphatic heterocycles. The SMILES string of the molecule is CC(C)NC(=O)CCCNC(=O)CCBr. The zero-order valence-electron chi connectivity index (χ0n) is 9.31. The van der Waals surface area contributed by atoms with E-state index in [2.05, 4.69) is 26.6 Å². The lowest BCUT2D eigenvalue weighted by Gasteiger charge is -2.08. The third-order valence-corrected chi connectivity index (χ3v) is 2.07. The lowest BCUT2D eigenvalue weighted by Crippen LogP contribution is -2.31. The number of carbonyl (C=O) groups excluding carboxylic acids is 2. The van der Waals surface area contributed by atoms with Gasteiger partial charge in [-0.05, 0) is 20.3 Å². The van der Waals surface area contributed by atoms with Gasteiger partial charge in [0.25, 0.3) is 0 Å². The molecule has 4 nitrogen and oxygen atoms in total. The molecule has 0 radical (unpaired) electrons. The summed E-state index contributed by atoms with van der Waals surface area (Å²) in [6.45, 7) is 4.42. The number of hydrogen-bond donors (Lipinski definition) is 2. The van der Waals surface area contributed by atoms with Crippen molar-refractivity contribution in [1.29, 1.82) is 0 Å². The number of rotatable bonds is 7. The molecule has 0 rings (SSSR count). The highest BCUT2D eigenvalue weighted by molar-refractivity contribution is 9.09. The van der Waals surface area contributed by atoms with Crippen molar-refractivity contribution in [2.45, 2.75) is 39.2 Å². The average Bonchev–Trinajstić information content (AvgIpc) is 2.12. The average molecular weight is 279 g/mol. The van der Waals surface area contributed by atoms with Crippen LogP contribution in [-0.2, 0) is 9.59 Å². The fraction of sp³-hybridized carbons (Fsp3) is 0.800. The molecule has 0 atom stereocenters. The summed E-state index contributed by atoms with van der Waals surface area (Å²) in [5.74, 6) is 0.0656. The van der Waals surface area contributed by atoms with Gasteiger partial charge in [0.2, 0.25) is 11.8 Å². The predicted molar refractivity (Wildman–Crippen MR) is 63.9 cm³/mol.